The van der Waals surface area contributed by atoms with Crippen molar-refractivity contribution in [3.63, 3.8) is 0 Å². The molecule has 1 aliphatic heterocycles. The van der Waals surface area contributed by atoms with Crippen LogP contribution in [0.1, 0.15) is 31.2 Å². The SMILES string of the molecule is Cl.Cl.O=C(O)[C@@H]1CCCC[C@H]1N1CCN(Cc2ccccc2)CC1. The normalized spacial score (nSPS) is 25.3. The van der Waals surface area contributed by atoms with E-state index >= 15 is 0 Å². The largest absolute Gasteiger partial charge is 0.481 e. The Labute approximate surface area is 157 Å². The molecule has 0 bridgehead atoms. The van der Waals surface area contributed by atoms with Gasteiger partial charge in [-0.05, 0) is 18.4 Å². The van der Waals surface area contributed by atoms with Crippen LogP contribution in [-0.4, -0.2) is 53.1 Å². The van der Waals surface area contributed by atoms with Crippen LogP contribution in [0, 0.1) is 5.92 Å². The molecule has 24 heavy (non-hydrogen) atoms. The van der Waals surface area contributed by atoms with Crippen LogP contribution in [0.3, 0.4) is 0 Å². The first kappa shape index (κ1) is 21.2. The number of carbonyl (C=O) groups is 1. The van der Waals surface area contributed by atoms with Gasteiger partial charge in [0.25, 0.3) is 0 Å². The number of halogens is 2. The summed E-state index contributed by atoms with van der Waals surface area (Å²) in [6, 6.07) is 10.8. The van der Waals surface area contributed by atoms with Crippen LogP contribution in [0.25, 0.3) is 0 Å². The van der Waals surface area contributed by atoms with Gasteiger partial charge in [-0.3, -0.25) is 14.6 Å². The molecule has 0 amide bonds. The lowest BCUT2D eigenvalue weighted by atomic mass is 9.83. The van der Waals surface area contributed by atoms with Crippen LogP contribution in [0.15, 0.2) is 30.3 Å². The van der Waals surface area contributed by atoms with Crippen LogP contribution >= 0.6 is 24.8 Å². The van der Waals surface area contributed by atoms with Gasteiger partial charge in [0.05, 0.1) is 5.92 Å². The van der Waals surface area contributed by atoms with Gasteiger partial charge in [-0.25, -0.2) is 0 Å². The smallest absolute Gasteiger partial charge is 0.308 e. The van der Waals surface area contributed by atoms with Crippen molar-refractivity contribution in [1.82, 2.24) is 9.80 Å². The Hall–Kier alpha value is -0.810. The number of hydrogen-bond acceptors (Lipinski definition) is 3. The first-order valence-electron chi connectivity index (χ1n) is 8.47. The summed E-state index contributed by atoms with van der Waals surface area (Å²) in [7, 11) is 0. The number of hydrogen-bond donors (Lipinski definition) is 1. The van der Waals surface area contributed by atoms with Crippen LogP contribution in [-0.2, 0) is 11.3 Å². The number of carboxylic acids is 1. The highest BCUT2D eigenvalue weighted by atomic mass is 35.5. The Morgan fingerprint density at radius 1 is 1.00 bits per heavy atom. The molecule has 6 heteroatoms. The maximum atomic E-state index is 11.5. The van der Waals surface area contributed by atoms with Crippen molar-refractivity contribution in [2.24, 2.45) is 5.92 Å². The second-order valence-corrected chi connectivity index (χ2v) is 6.59. The van der Waals surface area contributed by atoms with E-state index in [-0.39, 0.29) is 36.8 Å². The zero-order chi connectivity index (χ0) is 15.4. The Morgan fingerprint density at radius 3 is 2.25 bits per heavy atom. The van der Waals surface area contributed by atoms with Crippen LogP contribution in [0.2, 0.25) is 0 Å². The van der Waals surface area contributed by atoms with Gasteiger partial charge in [0, 0.05) is 38.8 Å². The van der Waals surface area contributed by atoms with Crippen molar-refractivity contribution >= 4 is 30.8 Å². The average Bonchev–Trinajstić information content (AvgIpc) is 2.56. The minimum Gasteiger partial charge on any atom is -0.481 e. The monoisotopic (exact) mass is 374 g/mol. The standard InChI is InChI=1S/C18H26N2O2.2ClH/c21-18(22)16-8-4-5-9-17(16)20-12-10-19(11-13-20)14-15-6-2-1-3-7-15;;/h1-3,6-7,16-17H,4-5,8-14H2,(H,21,22);2*1H/t16-,17-;;/m1../s1. The molecule has 0 unspecified atom stereocenters. The zero-order valence-corrected chi connectivity index (χ0v) is 15.6. The van der Waals surface area contributed by atoms with Gasteiger partial charge < -0.3 is 5.11 Å². The molecule has 1 aliphatic carbocycles. The highest BCUT2D eigenvalue weighted by Gasteiger charge is 2.35. The third kappa shape index (κ3) is 5.35. The number of piperazine rings is 1. The van der Waals surface area contributed by atoms with E-state index in [4.69, 9.17) is 0 Å². The molecular weight excluding hydrogens is 347 g/mol. The first-order chi connectivity index (χ1) is 10.7. The van der Waals surface area contributed by atoms with E-state index in [0.717, 1.165) is 52.0 Å². The van der Waals surface area contributed by atoms with Crippen molar-refractivity contribution < 1.29 is 9.90 Å². The second kappa shape index (κ2) is 10.2. The van der Waals surface area contributed by atoms with E-state index in [9.17, 15) is 9.90 Å². The van der Waals surface area contributed by atoms with E-state index in [0.29, 0.717) is 0 Å². The fourth-order valence-corrected chi connectivity index (χ4v) is 3.93. The first-order valence-corrected chi connectivity index (χ1v) is 8.47. The minimum atomic E-state index is -0.601. The van der Waals surface area contributed by atoms with Crippen LogP contribution in [0.5, 0.6) is 0 Å². The lowest BCUT2D eigenvalue weighted by molar-refractivity contribution is -0.146. The number of nitrogens with zero attached hydrogens (tertiary/aromatic N) is 2. The summed E-state index contributed by atoms with van der Waals surface area (Å²) in [5, 5.41) is 9.45. The maximum Gasteiger partial charge on any atom is 0.308 e. The van der Waals surface area contributed by atoms with E-state index in [2.05, 4.69) is 40.1 Å². The van der Waals surface area contributed by atoms with Gasteiger partial charge in [0.2, 0.25) is 0 Å². The summed E-state index contributed by atoms with van der Waals surface area (Å²) in [6.07, 6.45) is 4.15. The van der Waals surface area contributed by atoms with Crippen molar-refractivity contribution in [3.05, 3.63) is 35.9 Å². The summed E-state index contributed by atoms with van der Waals surface area (Å²) in [5.74, 6) is -0.758. The summed E-state index contributed by atoms with van der Waals surface area (Å²) in [5.41, 5.74) is 1.36. The van der Waals surface area contributed by atoms with Crippen molar-refractivity contribution in [2.45, 2.75) is 38.3 Å². The van der Waals surface area contributed by atoms with Crippen molar-refractivity contribution in [1.29, 1.82) is 0 Å². The number of rotatable bonds is 4. The van der Waals surface area contributed by atoms with Gasteiger partial charge in [-0.15, -0.1) is 24.8 Å². The molecule has 0 aromatic heterocycles. The Morgan fingerprint density at radius 2 is 1.62 bits per heavy atom. The molecule has 136 valence electrons. The fourth-order valence-electron chi connectivity index (χ4n) is 3.93. The topological polar surface area (TPSA) is 43.8 Å². The Bertz CT molecular complexity index is 493. The van der Waals surface area contributed by atoms with E-state index in [1.54, 1.807) is 0 Å². The molecule has 0 radical (unpaired) electrons. The highest BCUT2D eigenvalue weighted by Crippen LogP contribution is 2.29. The molecule has 1 heterocycles. The molecule has 1 N–H and O–H groups in total. The third-order valence-electron chi connectivity index (χ3n) is 5.17. The van der Waals surface area contributed by atoms with Gasteiger partial charge in [-0.1, -0.05) is 43.2 Å². The molecule has 2 atom stereocenters. The fraction of sp³-hybridized carbons (Fsp3) is 0.611. The average molecular weight is 375 g/mol. The minimum absolute atomic E-state index is 0. The number of benzene rings is 1. The maximum absolute atomic E-state index is 11.5. The summed E-state index contributed by atoms with van der Waals surface area (Å²) in [4.78, 5) is 16.4. The number of aliphatic carboxylic acids is 1. The third-order valence-corrected chi connectivity index (χ3v) is 5.17. The molecule has 1 saturated heterocycles. The lowest BCUT2D eigenvalue weighted by Crippen LogP contribution is -2.53. The molecule has 2 aliphatic rings. The molecule has 3 rings (SSSR count). The summed E-state index contributed by atoms with van der Waals surface area (Å²) >= 11 is 0. The second-order valence-electron chi connectivity index (χ2n) is 6.59. The molecule has 1 saturated carbocycles. The van der Waals surface area contributed by atoms with Crippen molar-refractivity contribution in [3.8, 4) is 0 Å². The van der Waals surface area contributed by atoms with E-state index < -0.39 is 5.97 Å². The van der Waals surface area contributed by atoms with Gasteiger partial charge >= 0.3 is 5.97 Å². The Balaban J connectivity index is 0.00000144. The molecule has 1 aromatic carbocycles. The van der Waals surface area contributed by atoms with E-state index in [1.807, 2.05) is 0 Å². The van der Waals surface area contributed by atoms with Gasteiger partial charge in [0.15, 0.2) is 0 Å². The quantitative estimate of drug-likeness (QED) is 0.877. The lowest BCUT2D eigenvalue weighted by Gasteiger charge is -2.43. The van der Waals surface area contributed by atoms with Gasteiger partial charge in [0.1, 0.15) is 0 Å². The summed E-state index contributed by atoms with van der Waals surface area (Å²) in [6.45, 7) is 5.08. The van der Waals surface area contributed by atoms with Crippen LogP contribution in [0.4, 0.5) is 0 Å². The zero-order valence-electron chi connectivity index (χ0n) is 14.0. The molecule has 0 spiro atoms. The van der Waals surface area contributed by atoms with Crippen LogP contribution < -0.4 is 0 Å². The van der Waals surface area contributed by atoms with Crippen molar-refractivity contribution in [2.75, 3.05) is 26.2 Å². The summed E-state index contributed by atoms with van der Waals surface area (Å²) < 4.78 is 0. The Kier molecular flexibility index (Phi) is 9.06. The highest BCUT2D eigenvalue weighted by molar-refractivity contribution is 5.85. The molecular formula is C18H28Cl2N2O2. The van der Waals surface area contributed by atoms with Gasteiger partial charge in [-0.2, -0.15) is 0 Å². The predicted octanol–water partition coefficient (Wildman–Crippen LogP) is 3.29. The molecule has 2 fully saturated rings. The van der Waals surface area contributed by atoms with E-state index in [1.165, 1.54) is 12.0 Å². The number of carboxylic acid groups (broad SMARTS) is 1. The predicted molar refractivity (Wildman–Crippen MR) is 101 cm³/mol. The molecule has 4 nitrogen and oxygen atoms in total. The molecule has 1 aromatic rings.